The Labute approximate surface area is 168 Å². The number of carbonyl (C=O) groups excluding carboxylic acids is 1. The van der Waals surface area contributed by atoms with Crippen LogP contribution in [0, 0.1) is 10.1 Å². The number of nitrogens with zero attached hydrogens (tertiary/aromatic N) is 2. The van der Waals surface area contributed by atoms with Crippen LogP contribution in [0.3, 0.4) is 0 Å². The monoisotopic (exact) mass is 419 g/mol. The van der Waals surface area contributed by atoms with Crippen LogP contribution in [0.25, 0.3) is 0 Å². The van der Waals surface area contributed by atoms with Crippen molar-refractivity contribution in [3.05, 3.63) is 64.2 Å². The van der Waals surface area contributed by atoms with Gasteiger partial charge in [0.05, 0.1) is 22.0 Å². The smallest absolute Gasteiger partial charge is 0.269 e. The predicted molar refractivity (Wildman–Crippen MR) is 106 cm³/mol. The number of benzene rings is 2. The summed E-state index contributed by atoms with van der Waals surface area (Å²) in [5, 5.41) is 13.3. The molecule has 0 bridgehead atoms. The maximum Gasteiger partial charge on any atom is 0.269 e. The third kappa shape index (κ3) is 4.78. The van der Waals surface area contributed by atoms with Gasteiger partial charge in [0, 0.05) is 36.5 Å². The minimum absolute atomic E-state index is 0.0793. The Bertz CT molecular complexity index is 995. The first-order valence-corrected chi connectivity index (χ1v) is 10.4. The molecule has 3 rings (SSSR count). The number of nitro benzene ring substituents is 1. The fourth-order valence-corrected chi connectivity index (χ4v) is 4.71. The number of amides is 1. The van der Waals surface area contributed by atoms with Gasteiger partial charge in [0.1, 0.15) is 0 Å². The first-order chi connectivity index (χ1) is 13.7. The van der Waals surface area contributed by atoms with E-state index in [0.29, 0.717) is 5.69 Å². The molecule has 0 unspecified atom stereocenters. The minimum Gasteiger partial charge on any atom is -0.373 e. The second-order valence-corrected chi connectivity index (χ2v) is 8.80. The summed E-state index contributed by atoms with van der Waals surface area (Å²) in [7, 11) is -3.68. The number of hydrogen-bond acceptors (Lipinski definition) is 6. The van der Waals surface area contributed by atoms with Crippen molar-refractivity contribution in [1.82, 2.24) is 4.31 Å². The lowest BCUT2D eigenvalue weighted by Crippen LogP contribution is -2.48. The van der Waals surface area contributed by atoms with Gasteiger partial charge in [-0.2, -0.15) is 4.31 Å². The molecule has 1 N–H and O–H groups in total. The molecule has 2 aromatic rings. The van der Waals surface area contributed by atoms with E-state index in [1.165, 1.54) is 52.8 Å². The highest BCUT2D eigenvalue weighted by Crippen LogP contribution is 2.22. The van der Waals surface area contributed by atoms with Crippen LogP contribution in [-0.4, -0.2) is 48.9 Å². The Morgan fingerprint density at radius 3 is 2.14 bits per heavy atom. The number of anilines is 1. The standard InChI is InChI=1S/C19H21N3O6S/c1-13-11-21(12-14(2)28-13)29(26,27)18-9-3-15(4-10-18)19(23)20-16-5-7-17(8-6-16)22(24)25/h3-10,13-14H,11-12H2,1-2H3,(H,20,23)/t13-,14-/m0/s1. The Morgan fingerprint density at radius 1 is 1.07 bits per heavy atom. The molecule has 1 fully saturated rings. The van der Waals surface area contributed by atoms with Gasteiger partial charge in [0.25, 0.3) is 11.6 Å². The number of rotatable bonds is 5. The van der Waals surface area contributed by atoms with Crippen molar-refractivity contribution in [1.29, 1.82) is 0 Å². The highest BCUT2D eigenvalue weighted by molar-refractivity contribution is 7.89. The van der Waals surface area contributed by atoms with E-state index in [9.17, 15) is 23.3 Å². The molecule has 2 atom stereocenters. The van der Waals surface area contributed by atoms with Gasteiger partial charge in [-0.1, -0.05) is 0 Å². The van der Waals surface area contributed by atoms with Crippen LogP contribution in [0.1, 0.15) is 24.2 Å². The number of morpholine rings is 1. The van der Waals surface area contributed by atoms with Crippen LogP contribution in [0.4, 0.5) is 11.4 Å². The quantitative estimate of drug-likeness (QED) is 0.588. The van der Waals surface area contributed by atoms with Crippen LogP contribution in [0.15, 0.2) is 53.4 Å². The van der Waals surface area contributed by atoms with E-state index in [0.717, 1.165) is 0 Å². The highest BCUT2D eigenvalue weighted by Gasteiger charge is 2.32. The van der Waals surface area contributed by atoms with Gasteiger partial charge >= 0.3 is 0 Å². The molecule has 0 spiro atoms. The summed E-state index contributed by atoms with van der Waals surface area (Å²) in [5.74, 6) is -0.448. The Morgan fingerprint density at radius 2 is 1.62 bits per heavy atom. The first kappa shape index (κ1) is 20.9. The Hall–Kier alpha value is -2.82. The van der Waals surface area contributed by atoms with E-state index in [2.05, 4.69) is 5.32 Å². The van der Waals surface area contributed by atoms with Gasteiger partial charge in [0.15, 0.2) is 0 Å². The predicted octanol–water partition coefficient (Wildman–Crippen LogP) is 2.65. The lowest BCUT2D eigenvalue weighted by atomic mass is 10.2. The molecule has 1 saturated heterocycles. The van der Waals surface area contributed by atoms with E-state index >= 15 is 0 Å². The Balaban J connectivity index is 1.72. The summed E-state index contributed by atoms with van der Waals surface area (Å²) in [6, 6.07) is 11.1. The second-order valence-electron chi connectivity index (χ2n) is 6.86. The molecule has 1 heterocycles. The topological polar surface area (TPSA) is 119 Å². The molecular weight excluding hydrogens is 398 g/mol. The van der Waals surface area contributed by atoms with Gasteiger partial charge in [-0.3, -0.25) is 14.9 Å². The molecule has 2 aromatic carbocycles. The molecule has 29 heavy (non-hydrogen) atoms. The summed E-state index contributed by atoms with van der Waals surface area (Å²) >= 11 is 0. The van der Waals surface area contributed by atoms with Crippen molar-refractivity contribution in [2.24, 2.45) is 0 Å². The second kappa shape index (κ2) is 8.27. The van der Waals surface area contributed by atoms with Crippen LogP contribution < -0.4 is 5.32 Å². The number of non-ortho nitro benzene ring substituents is 1. The number of nitrogens with one attached hydrogen (secondary N) is 1. The van der Waals surface area contributed by atoms with Gasteiger partial charge in [-0.15, -0.1) is 0 Å². The number of ether oxygens (including phenoxy) is 1. The van der Waals surface area contributed by atoms with E-state index in [1.807, 2.05) is 13.8 Å². The number of hydrogen-bond donors (Lipinski definition) is 1. The Kier molecular flexibility index (Phi) is 5.96. The van der Waals surface area contributed by atoms with Gasteiger partial charge in [-0.05, 0) is 50.2 Å². The fraction of sp³-hybridized carbons (Fsp3) is 0.316. The third-order valence-electron chi connectivity index (χ3n) is 4.48. The molecule has 0 aromatic heterocycles. The summed E-state index contributed by atoms with van der Waals surface area (Å²) in [6.07, 6.45) is -0.388. The van der Waals surface area contributed by atoms with Crippen LogP contribution in [-0.2, 0) is 14.8 Å². The maximum absolute atomic E-state index is 12.9. The van der Waals surface area contributed by atoms with Crippen molar-refractivity contribution in [2.75, 3.05) is 18.4 Å². The molecule has 1 aliphatic heterocycles. The minimum atomic E-state index is -3.68. The lowest BCUT2D eigenvalue weighted by Gasteiger charge is -2.34. The average molecular weight is 419 g/mol. The summed E-state index contributed by atoms with van der Waals surface area (Å²) in [6.45, 7) is 4.19. The molecule has 1 amide bonds. The zero-order valence-electron chi connectivity index (χ0n) is 15.9. The van der Waals surface area contributed by atoms with Gasteiger partial charge < -0.3 is 10.1 Å². The van der Waals surface area contributed by atoms with Crippen molar-refractivity contribution in [2.45, 2.75) is 31.0 Å². The number of nitro groups is 1. The van der Waals surface area contributed by atoms with Gasteiger partial charge in [0.2, 0.25) is 10.0 Å². The highest BCUT2D eigenvalue weighted by atomic mass is 32.2. The summed E-state index contributed by atoms with van der Waals surface area (Å²) in [4.78, 5) is 22.6. The van der Waals surface area contributed by atoms with Crippen LogP contribution >= 0.6 is 0 Å². The van der Waals surface area contributed by atoms with Crippen molar-refractivity contribution in [3.63, 3.8) is 0 Å². The molecular formula is C19H21N3O6S. The van der Waals surface area contributed by atoms with Crippen molar-refractivity contribution < 1.29 is 22.9 Å². The van der Waals surface area contributed by atoms with E-state index in [1.54, 1.807) is 0 Å². The maximum atomic E-state index is 12.9. The van der Waals surface area contributed by atoms with E-state index in [-0.39, 0.29) is 41.4 Å². The summed E-state index contributed by atoms with van der Waals surface area (Å²) in [5.41, 5.74) is 0.587. The average Bonchev–Trinajstić information content (AvgIpc) is 2.67. The lowest BCUT2D eigenvalue weighted by molar-refractivity contribution is -0.384. The molecule has 0 radical (unpaired) electrons. The molecule has 0 saturated carbocycles. The molecule has 9 nitrogen and oxygen atoms in total. The molecule has 1 aliphatic rings. The normalized spacial score (nSPS) is 20.2. The zero-order valence-corrected chi connectivity index (χ0v) is 16.8. The largest absolute Gasteiger partial charge is 0.373 e. The SMILES string of the molecule is C[C@H]1CN(S(=O)(=O)c2ccc(C(=O)Nc3ccc([N+](=O)[O-])cc3)cc2)C[C@H](C)O1. The fourth-order valence-electron chi connectivity index (χ4n) is 3.12. The first-order valence-electron chi connectivity index (χ1n) is 8.98. The van der Waals surface area contributed by atoms with E-state index < -0.39 is 20.9 Å². The molecule has 0 aliphatic carbocycles. The third-order valence-corrected chi connectivity index (χ3v) is 6.32. The summed E-state index contributed by atoms with van der Waals surface area (Å²) < 4.78 is 32.7. The van der Waals surface area contributed by atoms with Crippen molar-refractivity contribution in [3.8, 4) is 0 Å². The molecule has 154 valence electrons. The van der Waals surface area contributed by atoms with Gasteiger partial charge in [-0.25, -0.2) is 8.42 Å². The van der Waals surface area contributed by atoms with E-state index in [4.69, 9.17) is 4.74 Å². The van der Waals surface area contributed by atoms with Crippen LogP contribution in [0.2, 0.25) is 0 Å². The van der Waals surface area contributed by atoms with Crippen LogP contribution in [0.5, 0.6) is 0 Å². The molecule has 10 heteroatoms. The zero-order chi connectivity index (χ0) is 21.2. The van der Waals surface area contributed by atoms with Crippen molar-refractivity contribution >= 4 is 27.3 Å². The number of sulfonamides is 1. The number of carbonyl (C=O) groups is 1.